The standard InChI is InChI=1S/C22H21N7O5S/c23-20(30)19-2-1-10-29(19)22(31)27-21-25-17-8-5-15(12-18(17)26-21)34-35(32,33)16-6-3-14(4-7-16)28-11-9-24-13-28/h3-9,11-13,19H,1-2,10H2,(H2,23,30)(H2,25,26,27,31). The van der Waals surface area contributed by atoms with Gasteiger partial charge in [0.25, 0.3) is 0 Å². The SMILES string of the molecule is NC(=O)C1CCCN1C(=O)Nc1nc2cc(OS(=O)(=O)c3ccc(-n4ccnc4)cc3)ccc2[nH]1. The largest absolute Gasteiger partial charge is 0.379 e. The number of anilines is 1. The number of amides is 3. The second kappa shape index (κ2) is 8.76. The first-order chi connectivity index (χ1) is 16.8. The van der Waals surface area contributed by atoms with Gasteiger partial charge in [-0.05, 0) is 49.2 Å². The first-order valence-electron chi connectivity index (χ1n) is 10.7. The van der Waals surface area contributed by atoms with Gasteiger partial charge in [-0.1, -0.05) is 0 Å². The second-order valence-electron chi connectivity index (χ2n) is 7.95. The van der Waals surface area contributed by atoms with Crippen molar-refractivity contribution in [3.8, 4) is 11.4 Å². The number of imidazole rings is 2. The van der Waals surface area contributed by atoms with Crippen LogP contribution in [0.2, 0.25) is 0 Å². The number of primary amides is 1. The van der Waals surface area contributed by atoms with E-state index in [1.807, 2.05) is 0 Å². The molecule has 1 aliphatic rings. The smallest absolute Gasteiger partial charge is 0.339 e. The van der Waals surface area contributed by atoms with E-state index in [-0.39, 0.29) is 16.6 Å². The molecule has 2 aromatic heterocycles. The number of aromatic amines is 1. The number of aromatic nitrogens is 4. The van der Waals surface area contributed by atoms with Crippen LogP contribution < -0.4 is 15.2 Å². The number of nitrogens with zero attached hydrogens (tertiary/aromatic N) is 4. The number of nitrogens with one attached hydrogen (secondary N) is 2. The van der Waals surface area contributed by atoms with E-state index in [0.717, 1.165) is 5.69 Å². The molecule has 35 heavy (non-hydrogen) atoms. The molecule has 12 nitrogen and oxygen atoms in total. The van der Waals surface area contributed by atoms with Crippen molar-refractivity contribution in [3.63, 3.8) is 0 Å². The van der Waals surface area contributed by atoms with Crippen molar-refractivity contribution in [2.45, 2.75) is 23.8 Å². The van der Waals surface area contributed by atoms with Crippen molar-refractivity contribution >= 4 is 39.0 Å². The van der Waals surface area contributed by atoms with Gasteiger partial charge < -0.3 is 24.4 Å². The number of hydrogen-bond acceptors (Lipinski definition) is 7. The zero-order chi connectivity index (χ0) is 24.6. The molecule has 4 N–H and O–H groups in total. The summed E-state index contributed by atoms with van der Waals surface area (Å²) in [7, 11) is -4.09. The van der Waals surface area contributed by atoms with Crippen molar-refractivity contribution < 1.29 is 22.2 Å². The van der Waals surface area contributed by atoms with Gasteiger partial charge >= 0.3 is 16.1 Å². The molecule has 1 aliphatic heterocycles. The molecule has 1 atom stereocenters. The molecule has 3 amide bonds. The Morgan fingerprint density at radius 2 is 1.97 bits per heavy atom. The molecule has 1 saturated heterocycles. The maximum atomic E-state index is 12.7. The lowest BCUT2D eigenvalue weighted by molar-refractivity contribution is -0.121. The van der Waals surface area contributed by atoms with E-state index in [0.29, 0.717) is 30.4 Å². The number of H-pyrrole nitrogens is 1. The van der Waals surface area contributed by atoms with E-state index in [4.69, 9.17) is 9.92 Å². The summed E-state index contributed by atoms with van der Waals surface area (Å²) < 4.78 is 32.5. The number of fused-ring (bicyclic) bond motifs is 1. The number of hydrogen-bond donors (Lipinski definition) is 3. The van der Waals surface area contributed by atoms with Crippen LogP contribution >= 0.6 is 0 Å². The number of rotatable bonds is 6. The average Bonchev–Trinajstić information content (AvgIpc) is 3.58. The van der Waals surface area contributed by atoms with Crippen molar-refractivity contribution in [1.29, 1.82) is 0 Å². The van der Waals surface area contributed by atoms with Crippen molar-refractivity contribution in [2.75, 3.05) is 11.9 Å². The van der Waals surface area contributed by atoms with Crippen LogP contribution in [0.3, 0.4) is 0 Å². The van der Waals surface area contributed by atoms with Crippen LogP contribution in [0.4, 0.5) is 10.7 Å². The van der Waals surface area contributed by atoms with Crippen molar-refractivity contribution in [1.82, 2.24) is 24.4 Å². The maximum Gasteiger partial charge on any atom is 0.339 e. The van der Waals surface area contributed by atoms with Crippen LogP contribution in [0.15, 0.2) is 66.1 Å². The van der Waals surface area contributed by atoms with Gasteiger partial charge in [-0.3, -0.25) is 10.1 Å². The molecule has 3 heterocycles. The summed E-state index contributed by atoms with van der Waals surface area (Å²) in [5, 5.41) is 2.62. The van der Waals surface area contributed by atoms with E-state index >= 15 is 0 Å². The van der Waals surface area contributed by atoms with Crippen LogP contribution in [0.5, 0.6) is 5.75 Å². The molecule has 0 aliphatic carbocycles. The number of likely N-dealkylation sites (tertiary alicyclic amines) is 1. The molecular formula is C22H21N7O5S. The lowest BCUT2D eigenvalue weighted by Crippen LogP contribution is -2.45. The lowest BCUT2D eigenvalue weighted by atomic mass is 10.2. The molecule has 1 unspecified atom stereocenters. The monoisotopic (exact) mass is 495 g/mol. The number of carbonyl (C=O) groups excluding carboxylic acids is 2. The van der Waals surface area contributed by atoms with E-state index in [1.165, 1.54) is 29.2 Å². The summed E-state index contributed by atoms with van der Waals surface area (Å²) in [6.07, 6.45) is 6.18. The van der Waals surface area contributed by atoms with Gasteiger partial charge in [0.1, 0.15) is 16.7 Å². The summed E-state index contributed by atoms with van der Waals surface area (Å²) in [4.78, 5) is 36.6. The minimum atomic E-state index is -4.09. The molecule has 0 bridgehead atoms. The molecule has 0 radical (unpaired) electrons. The highest BCUT2D eigenvalue weighted by atomic mass is 32.2. The summed E-state index contributed by atoms with van der Waals surface area (Å²) in [6, 6.07) is 9.55. The fraction of sp³-hybridized carbons (Fsp3) is 0.182. The summed E-state index contributed by atoms with van der Waals surface area (Å²) in [5.41, 5.74) is 7.07. The Morgan fingerprint density at radius 3 is 2.69 bits per heavy atom. The quantitative estimate of drug-likeness (QED) is 0.344. The van der Waals surface area contributed by atoms with E-state index in [9.17, 15) is 18.0 Å². The number of carbonyl (C=O) groups is 2. The molecule has 2 aromatic carbocycles. The fourth-order valence-electron chi connectivity index (χ4n) is 3.95. The average molecular weight is 496 g/mol. The molecule has 1 fully saturated rings. The molecule has 0 saturated carbocycles. The second-order valence-corrected chi connectivity index (χ2v) is 9.50. The van der Waals surface area contributed by atoms with E-state index < -0.39 is 28.1 Å². The number of nitrogens with two attached hydrogens (primary N) is 1. The van der Waals surface area contributed by atoms with Crippen LogP contribution in [-0.2, 0) is 14.9 Å². The zero-order valence-electron chi connectivity index (χ0n) is 18.3. The van der Waals surface area contributed by atoms with E-state index in [1.54, 1.807) is 41.5 Å². The summed E-state index contributed by atoms with van der Waals surface area (Å²) in [6.45, 7) is 0.415. The number of urea groups is 1. The third kappa shape index (κ3) is 4.53. The van der Waals surface area contributed by atoms with Gasteiger partial charge in [0, 0.05) is 30.7 Å². The third-order valence-electron chi connectivity index (χ3n) is 5.66. The summed E-state index contributed by atoms with van der Waals surface area (Å²) in [5.74, 6) is -0.342. The minimum absolute atomic E-state index is 0.00828. The van der Waals surface area contributed by atoms with Gasteiger partial charge in [-0.25, -0.2) is 14.8 Å². The topological polar surface area (TPSA) is 165 Å². The molecular weight excluding hydrogens is 474 g/mol. The van der Waals surface area contributed by atoms with Crippen LogP contribution in [0, 0.1) is 0 Å². The Morgan fingerprint density at radius 1 is 1.17 bits per heavy atom. The maximum absolute atomic E-state index is 12.7. The van der Waals surface area contributed by atoms with Gasteiger partial charge in [-0.2, -0.15) is 8.42 Å². The highest BCUT2D eigenvalue weighted by Crippen LogP contribution is 2.25. The Balaban J connectivity index is 1.31. The van der Waals surface area contributed by atoms with Crippen molar-refractivity contribution in [3.05, 3.63) is 61.2 Å². The highest BCUT2D eigenvalue weighted by Gasteiger charge is 2.33. The van der Waals surface area contributed by atoms with Gasteiger partial charge in [0.15, 0.2) is 0 Å². The van der Waals surface area contributed by atoms with Crippen molar-refractivity contribution in [2.24, 2.45) is 5.73 Å². The highest BCUT2D eigenvalue weighted by molar-refractivity contribution is 7.87. The Kier molecular flexibility index (Phi) is 5.61. The fourth-order valence-corrected chi connectivity index (χ4v) is 4.87. The Hall–Kier alpha value is -4.39. The Bertz CT molecular complexity index is 1500. The zero-order valence-corrected chi connectivity index (χ0v) is 19.1. The first kappa shape index (κ1) is 22.4. The predicted octanol–water partition coefficient (Wildman–Crippen LogP) is 2.00. The molecule has 5 rings (SSSR count). The van der Waals surface area contributed by atoms with Crippen LogP contribution in [-0.4, -0.2) is 57.4 Å². The molecule has 180 valence electrons. The minimum Gasteiger partial charge on any atom is -0.379 e. The van der Waals surface area contributed by atoms with Gasteiger partial charge in [0.2, 0.25) is 11.9 Å². The number of benzene rings is 2. The molecule has 0 spiro atoms. The summed E-state index contributed by atoms with van der Waals surface area (Å²) >= 11 is 0. The lowest BCUT2D eigenvalue weighted by Gasteiger charge is -2.21. The normalized spacial score (nSPS) is 15.9. The molecule has 13 heteroatoms. The van der Waals surface area contributed by atoms with Crippen LogP contribution in [0.25, 0.3) is 16.7 Å². The van der Waals surface area contributed by atoms with E-state index in [2.05, 4.69) is 20.3 Å². The molecule has 4 aromatic rings. The Labute approximate surface area is 199 Å². The first-order valence-corrected chi connectivity index (χ1v) is 12.1. The predicted molar refractivity (Wildman–Crippen MR) is 125 cm³/mol. The van der Waals surface area contributed by atoms with Crippen LogP contribution in [0.1, 0.15) is 12.8 Å². The third-order valence-corrected chi connectivity index (χ3v) is 6.92. The van der Waals surface area contributed by atoms with Gasteiger partial charge in [0.05, 0.1) is 17.4 Å². The van der Waals surface area contributed by atoms with Gasteiger partial charge in [-0.15, -0.1) is 0 Å².